The average molecular weight is 1840 g/mol. The molecular weight excluding hydrogens is 1770 g/mol. The molecule has 16 aromatic rings. The molecular formula is C104H74BBr4IN2O2. The molecule has 0 bridgehead atoms. The van der Waals surface area contributed by atoms with Gasteiger partial charge < -0.3 is 19.1 Å². The molecule has 0 radical (unpaired) electrons. The van der Waals surface area contributed by atoms with Crippen molar-refractivity contribution >= 4 is 133 Å². The summed E-state index contributed by atoms with van der Waals surface area (Å²) >= 11 is 16.5. The van der Waals surface area contributed by atoms with Gasteiger partial charge in [0.15, 0.2) is 0 Å². The maximum absolute atomic E-state index is 6.43. The molecule has 0 unspecified atom stereocenters. The van der Waals surface area contributed by atoms with Crippen LogP contribution in [0.4, 0.5) is 34.1 Å². The summed E-state index contributed by atoms with van der Waals surface area (Å²) in [4.78, 5) is 4.78. The van der Waals surface area contributed by atoms with Crippen LogP contribution in [0.15, 0.2) is 394 Å². The van der Waals surface area contributed by atoms with Crippen molar-refractivity contribution in [1.29, 1.82) is 0 Å². The van der Waals surface area contributed by atoms with Crippen molar-refractivity contribution in [2.75, 3.05) is 9.80 Å². The van der Waals surface area contributed by atoms with Crippen LogP contribution in [0.25, 0.3) is 77.9 Å². The molecule has 16 aromatic carbocycles. The summed E-state index contributed by atoms with van der Waals surface area (Å²) < 4.78 is 18.5. The van der Waals surface area contributed by atoms with Gasteiger partial charge in [-0.25, -0.2) is 0 Å². The number of hydrogen-bond acceptors (Lipinski definition) is 4. The van der Waals surface area contributed by atoms with Gasteiger partial charge in [-0.2, -0.15) is 0 Å². The molecule has 0 atom stereocenters. The SMILES string of the molecule is Brc1ccc(Br)c(-c2ccc(N(c3ccc(-c4ccccc4)cc3)c3ccc4c(c3)C3(c5ccccc5-c5ccccc53)c3ccccc3-4)cc2)c1.Brc1ccc(Br)c(I)c1.CC1(C)OB(c2ccc(N(c3ccc(-c4ccccc4)cc3)c3ccc4c(c3)C3(c5ccccc5-c5ccccc53)c3ccccc3-4)cc2)OC1(C)C. The Hall–Kier alpha value is -10.2. The summed E-state index contributed by atoms with van der Waals surface area (Å²) in [5.74, 6) is 0. The molecule has 2 spiro atoms. The molecule has 1 aliphatic heterocycles. The van der Waals surface area contributed by atoms with Crippen LogP contribution in [0.3, 0.4) is 0 Å². The van der Waals surface area contributed by atoms with Gasteiger partial charge in [0, 0.05) is 55.6 Å². The third kappa shape index (κ3) is 12.6. The second-order valence-electron chi connectivity index (χ2n) is 30.6. The van der Waals surface area contributed by atoms with Crippen LogP contribution < -0.4 is 15.3 Å². The van der Waals surface area contributed by atoms with Crippen molar-refractivity contribution in [2.45, 2.75) is 49.7 Å². The van der Waals surface area contributed by atoms with Crippen molar-refractivity contribution in [3.8, 4) is 77.9 Å². The van der Waals surface area contributed by atoms with Crippen LogP contribution in [0, 0.1) is 3.57 Å². The molecule has 4 nitrogen and oxygen atoms in total. The van der Waals surface area contributed by atoms with Crippen LogP contribution in [-0.4, -0.2) is 18.3 Å². The number of halogens is 5. The first-order valence-corrected chi connectivity index (χ1v) is 42.7. The highest BCUT2D eigenvalue weighted by molar-refractivity contribution is 14.1. The summed E-state index contributed by atoms with van der Waals surface area (Å²) in [5.41, 5.74) is 34.2. The van der Waals surface area contributed by atoms with Gasteiger partial charge >= 0.3 is 7.12 Å². The van der Waals surface area contributed by atoms with E-state index in [0.29, 0.717) is 0 Å². The minimum absolute atomic E-state index is 0.404. The van der Waals surface area contributed by atoms with Crippen molar-refractivity contribution in [3.63, 3.8) is 0 Å². The molecule has 21 rings (SSSR count). The molecule has 0 N–H and O–H groups in total. The number of rotatable bonds is 10. The van der Waals surface area contributed by atoms with E-state index >= 15 is 0 Å². The van der Waals surface area contributed by atoms with Crippen molar-refractivity contribution in [1.82, 2.24) is 0 Å². The third-order valence-electron chi connectivity index (χ3n) is 23.9. The van der Waals surface area contributed by atoms with E-state index in [9.17, 15) is 0 Å². The van der Waals surface area contributed by atoms with Crippen molar-refractivity contribution in [2.24, 2.45) is 0 Å². The number of hydrogen-bond donors (Lipinski definition) is 0. The van der Waals surface area contributed by atoms with Gasteiger partial charge in [0.25, 0.3) is 0 Å². The molecule has 550 valence electrons. The second-order valence-corrected chi connectivity index (χ2v) is 35.3. The van der Waals surface area contributed by atoms with E-state index in [4.69, 9.17) is 9.31 Å². The molecule has 0 saturated carbocycles. The Morgan fingerprint density at radius 3 is 0.868 bits per heavy atom. The Morgan fingerprint density at radius 1 is 0.246 bits per heavy atom. The molecule has 0 aromatic heterocycles. The van der Waals surface area contributed by atoms with E-state index < -0.39 is 29.2 Å². The van der Waals surface area contributed by atoms with Crippen LogP contribution >= 0.6 is 86.3 Å². The van der Waals surface area contributed by atoms with E-state index in [1.165, 1.54) is 115 Å². The van der Waals surface area contributed by atoms with Crippen molar-refractivity contribution < 1.29 is 9.31 Å². The second kappa shape index (κ2) is 29.9. The monoisotopic (exact) mass is 1840 g/mol. The van der Waals surface area contributed by atoms with Gasteiger partial charge in [-0.15, -0.1) is 0 Å². The maximum atomic E-state index is 6.43. The maximum Gasteiger partial charge on any atom is 0.494 e. The molecule has 1 saturated heterocycles. The fourth-order valence-electron chi connectivity index (χ4n) is 17.9. The zero-order chi connectivity index (χ0) is 77.6. The summed E-state index contributed by atoms with van der Waals surface area (Å²) in [6, 6.07) is 137. The predicted molar refractivity (Wildman–Crippen MR) is 497 cm³/mol. The van der Waals surface area contributed by atoms with E-state index in [1.807, 2.05) is 12.1 Å². The fraction of sp³-hybridized carbons (Fsp3) is 0.0769. The van der Waals surface area contributed by atoms with Crippen LogP contribution in [0.5, 0.6) is 0 Å². The Morgan fingerprint density at radius 2 is 0.526 bits per heavy atom. The van der Waals surface area contributed by atoms with Gasteiger partial charge in [-0.05, 0) is 303 Å². The third-order valence-corrected chi connectivity index (χ3v) is 27.9. The van der Waals surface area contributed by atoms with E-state index in [2.05, 4.69) is 488 Å². The number of benzene rings is 16. The van der Waals surface area contributed by atoms with Gasteiger partial charge in [0.1, 0.15) is 0 Å². The first-order valence-electron chi connectivity index (χ1n) is 38.5. The van der Waals surface area contributed by atoms with Gasteiger partial charge in [-0.1, -0.05) is 315 Å². The minimum atomic E-state index is -0.423. The molecule has 1 heterocycles. The normalized spacial score (nSPS) is 14.4. The lowest BCUT2D eigenvalue weighted by molar-refractivity contribution is 0.00578. The summed E-state index contributed by atoms with van der Waals surface area (Å²) in [5, 5.41) is 0. The summed E-state index contributed by atoms with van der Waals surface area (Å²) in [6.45, 7) is 8.40. The first-order chi connectivity index (χ1) is 55.6. The largest absolute Gasteiger partial charge is 0.494 e. The van der Waals surface area contributed by atoms with Crippen LogP contribution in [0.2, 0.25) is 0 Å². The minimum Gasteiger partial charge on any atom is -0.399 e. The zero-order valence-corrected chi connectivity index (χ0v) is 71.5. The lowest BCUT2D eigenvalue weighted by Gasteiger charge is -2.32. The highest BCUT2D eigenvalue weighted by atomic mass is 127. The van der Waals surface area contributed by atoms with Gasteiger partial charge in [0.2, 0.25) is 0 Å². The molecule has 1 fully saturated rings. The quantitative estimate of drug-likeness (QED) is 0.0774. The van der Waals surface area contributed by atoms with Gasteiger partial charge in [-0.3, -0.25) is 0 Å². The van der Waals surface area contributed by atoms with E-state index in [-0.39, 0.29) is 0 Å². The highest BCUT2D eigenvalue weighted by Gasteiger charge is 2.55. The van der Waals surface area contributed by atoms with Crippen molar-refractivity contribution in [3.05, 3.63) is 442 Å². The molecule has 10 heteroatoms. The summed E-state index contributed by atoms with van der Waals surface area (Å²) in [7, 11) is -0.423. The lowest BCUT2D eigenvalue weighted by atomic mass is 9.70. The molecule has 5 aliphatic rings. The summed E-state index contributed by atoms with van der Waals surface area (Å²) in [6.07, 6.45) is 0. The topological polar surface area (TPSA) is 24.9 Å². The molecule has 0 amide bonds. The lowest BCUT2D eigenvalue weighted by Crippen LogP contribution is -2.41. The van der Waals surface area contributed by atoms with Crippen LogP contribution in [-0.2, 0) is 20.1 Å². The Kier molecular flexibility index (Phi) is 19.4. The average Bonchev–Trinajstić information content (AvgIpc) is 1.51. The fourth-order valence-corrected chi connectivity index (χ4v) is 20.3. The standard InChI is InChI=1S/C49H40BNO2.C49H31Br2N.C6H3Br2I/c1-47(2)48(3,4)53-50(52-47)35-24-28-37(29-25-35)51(36-26-22-34(23-27-36)33-14-6-5-7-15-33)38-30-31-42-41-18-10-13-21-45(41)49(46(42)32-38)43-19-11-8-16-39(43)40-17-9-12-20-44(40)49;50-35-22-29-48(51)43(30-35)34-20-25-37(26-21-34)52(36-23-18-33(19-24-36)32-10-2-1-3-11-32)38-27-28-42-41-14-6-9-17-46(41)49(47(42)31-38)44-15-7-4-12-39(44)40-13-5-8-16-45(40)49;7-4-1-2-5(8)6(9)3-4/h5-32H,1-4H3;1-31H;1-3H. The Labute approximate surface area is 715 Å². The highest BCUT2D eigenvalue weighted by Crippen LogP contribution is 2.65. The van der Waals surface area contributed by atoms with E-state index in [0.717, 1.165) is 68.6 Å². The van der Waals surface area contributed by atoms with Crippen LogP contribution in [0.1, 0.15) is 72.2 Å². The Balaban J connectivity index is 0.000000138. The number of nitrogens with zero attached hydrogens (tertiary/aromatic N) is 2. The Bertz CT molecular complexity index is 6250. The van der Waals surface area contributed by atoms with E-state index in [1.54, 1.807) is 0 Å². The number of anilines is 6. The molecule has 4 aliphatic carbocycles. The van der Waals surface area contributed by atoms with Gasteiger partial charge in [0.05, 0.1) is 22.0 Å². The first kappa shape index (κ1) is 73.9. The number of fused-ring (bicyclic) bond motifs is 20. The molecule has 114 heavy (non-hydrogen) atoms. The zero-order valence-electron chi connectivity index (χ0n) is 63.0. The predicted octanol–water partition coefficient (Wildman–Crippen LogP) is 29.6. The smallest absolute Gasteiger partial charge is 0.399 e.